The third kappa shape index (κ3) is 2.02. The third-order valence-electron chi connectivity index (χ3n) is 3.12. The van der Waals surface area contributed by atoms with E-state index in [1.165, 1.54) is 0 Å². The largest absolute Gasteiger partial charge is 0.325 e. The fourth-order valence-corrected chi connectivity index (χ4v) is 1.88. The Hall–Kier alpha value is -1.86. The molecule has 1 aromatic heterocycles. The number of benzene rings is 1. The summed E-state index contributed by atoms with van der Waals surface area (Å²) in [6.07, 6.45) is 0. The zero-order valence-electron chi connectivity index (χ0n) is 10.4. The number of aryl methyl sites for hydroxylation is 1. The van der Waals surface area contributed by atoms with Gasteiger partial charge < -0.3 is 9.88 Å². The molecule has 0 fully saturated rings. The van der Waals surface area contributed by atoms with Crippen LogP contribution in [0.25, 0.3) is 11.0 Å². The van der Waals surface area contributed by atoms with Gasteiger partial charge in [-0.15, -0.1) is 0 Å². The van der Waals surface area contributed by atoms with Crippen molar-refractivity contribution >= 4 is 11.0 Å². The van der Waals surface area contributed by atoms with Crippen LogP contribution in [0.1, 0.15) is 12.7 Å². The summed E-state index contributed by atoms with van der Waals surface area (Å²) in [5.41, 5.74) is 1.47. The Morgan fingerprint density at radius 3 is 2.82 bits per heavy atom. The Balaban J connectivity index is 2.49. The van der Waals surface area contributed by atoms with E-state index in [9.17, 15) is 5.26 Å². The molecule has 1 heterocycles. The van der Waals surface area contributed by atoms with Gasteiger partial charge in [0.2, 0.25) is 0 Å². The van der Waals surface area contributed by atoms with Crippen LogP contribution in [0, 0.1) is 18.3 Å². The predicted molar refractivity (Wildman–Crippen MR) is 67.5 cm³/mol. The highest BCUT2D eigenvalue weighted by molar-refractivity contribution is 5.75. The molecule has 0 saturated carbocycles. The second-order valence-electron chi connectivity index (χ2n) is 4.43. The van der Waals surface area contributed by atoms with Crippen molar-refractivity contribution in [3.05, 3.63) is 30.1 Å². The number of fused-ring (bicyclic) bond motifs is 1. The summed E-state index contributed by atoms with van der Waals surface area (Å²) in [7, 11) is 1.80. The molecule has 4 nitrogen and oxygen atoms in total. The summed E-state index contributed by atoms with van der Waals surface area (Å²) in [5, 5.41) is 12.2. The first kappa shape index (κ1) is 11.6. The first-order valence-corrected chi connectivity index (χ1v) is 5.62. The van der Waals surface area contributed by atoms with Crippen molar-refractivity contribution in [3.8, 4) is 6.07 Å². The minimum Gasteiger partial charge on any atom is -0.325 e. The average Bonchev–Trinajstić information content (AvgIpc) is 2.66. The van der Waals surface area contributed by atoms with Gasteiger partial charge >= 0.3 is 0 Å². The molecule has 1 aromatic carbocycles. The van der Waals surface area contributed by atoms with E-state index in [2.05, 4.69) is 20.9 Å². The lowest BCUT2D eigenvalue weighted by atomic mass is 10.1. The van der Waals surface area contributed by atoms with Gasteiger partial charge in [-0.3, -0.25) is 0 Å². The second kappa shape index (κ2) is 4.19. The van der Waals surface area contributed by atoms with Crippen LogP contribution in [0.3, 0.4) is 0 Å². The molecule has 0 radical (unpaired) electrons. The molecule has 0 aliphatic heterocycles. The first-order valence-electron chi connectivity index (χ1n) is 5.62. The van der Waals surface area contributed by atoms with E-state index in [0.29, 0.717) is 6.54 Å². The zero-order chi connectivity index (χ0) is 12.5. The molecule has 0 spiro atoms. The second-order valence-corrected chi connectivity index (χ2v) is 4.43. The summed E-state index contributed by atoms with van der Waals surface area (Å²) in [5.74, 6) is 0.933. The van der Waals surface area contributed by atoms with Crippen LogP contribution in [0.4, 0.5) is 0 Å². The highest BCUT2D eigenvalue weighted by Gasteiger charge is 2.23. The van der Waals surface area contributed by atoms with E-state index >= 15 is 0 Å². The molecule has 4 heteroatoms. The number of nitriles is 1. The highest BCUT2D eigenvalue weighted by atomic mass is 15.1. The number of nitrogens with one attached hydrogen (secondary N) is 1. The number of nitrogens with zero attached hydrogens (tertiary/aromatic N) is 3. The van der Waals surface area contributed by atoms with Crippen molar-refractivity contribution in [2.75, 3.05) is 7.05 Å². The lowest BCUT2D eigenvalue weighted by Gasteiger charge is -2.22. The maximum Gasteiger partial charge on any atom is 0.121 e. The van der Waals surface area contributed by atoms with Crippen LogP contribution < -0.4 is 5.32 Å². The van der Waals surface area contributed by atoms with Crippen molar-refractivity contribution in [2.24, 2.45) is 0 Å². The van der Waals surface area contributed by atoms with Gasteiger partial charge in [0.1, 0.15) is 11.4 Å². The Labute approximate surface area is 101 Å². The number of para-hydroxylation sites is 2. The lowest BCUT2D eigenvalue weighted by Crippen LogP contribution is -2.42. The Morgan fingerprint density at radius 1 is 1.47 bits per heavy atom. The van der Waals surface area contributed by atoms with Gasteiger partial charge in [0.15, 0.2) is 0 Å². The lowest BCUT2D eigenvalue weighted by molar-refractivity contribution is 0.420. The maximum atomic E-state index is 9.20. The molecule has 0 bridgehead atoms. The van der Waals surface area contributed by atoms with Gasteiger partial charge in [-0.05, 0) is 33.0 Å². The normalized spacial score (nSPS) is 14.5. The Bertz CT molecular complexity index is 579. The molecule has 1 unspecified atom stereocenters. The van der Waals surface area contributed by atoms with Crippen LogP contribution in [-0.4, -0.2) is 22.1 Å². The number of hydrogen-bond acceptors (Lipinski definition) is 3. The van der Waals surface area contributed by atoms with Crippen LogP contribution in [0.5, 0.6) is 0 Å². The van der Waals surface area contributed by atoms with Gasteiger partial charge in [-0.25, -0.2) is 4.98 Å². The number of rotatable bonds is 3. The molecule has 0 saturated heterocycles. The third-order valence-corrected chi connectivity index (χ3v) is 3.12. The zero-order valence-corrected chi connectivity index (χ0v) is 10.4. The van der Waals surface area contributed by atoms with Crippen molar-refractivity contribution in [1.29, 1.82) is 5.26 Å². The van der Waals surface area contributed by atoms with Gasteiger partial charge in [-0.2, -0.15) is 5.26 Å². The van der Waals surface area contributed by atoms with E-state index < -0.39 is 5.54 Å². The highest BCUT2D eigenvalue weighted by Crippen LogP contribution is 2.18. The Morgan fingerprint density at radius 2 is 2.18 bits per heavy atom. The molecule has 1 N–H and O–H groups in total. The molecule has 0 aliphatic carbocycles. The molecule has 2 rings (SSSR count). The van der Waals surface area contributed by atoms with Crippen LogP contribution in [-0.2, 0) is 6.54 Å². The number of likely N-dealkylation sites (N-methyl/N-ethyl adjacent to an activating group) is 1. The van der Waals surface area contributed by atoms with Crippen molar-refractivity contribution in [1.82, 2.24) is 14.9 Å². The van der Waals surface area contributed by atoms with E-state index in [1.807, 2.05) is 38.1 Å². The average molecular weight is 228 g/mol. The topological polar surface area (TPSA) is 53.6 Å². The minimum atomic E-state index is -0.575. The molecular formula is C13H16N4. The van der Waals surface area contributed by atoms with Crippen LogP contribution >= 0.6 is 0 Å². The summed E-state index contributed by atoms with van der Waals surface area (Å²) in [6.45, 7) is 4.45. The molecule has 0 amide bonds. The van der Waals surface area contributed by atoms with E-state index in [0.717, 1.165) is 16.9 Å². The quantitative estimate of drug-likeness (QED) is 0.872. The first-order chi connectivity index (χ1) is 8.09. The smallest absolute Gasteiger partial charge is 0.121 e. The van der Waals surface area contributed by atoms with E-state index in [-0.39, 0.29) is 0 Å². The molecule has 88 valence electrons. The van der Waals surface area contributed by atoms with Crippen LogP contribution in [0.2, 0.25) is 0 Å². The molecule has 2 aromatic rings. The van der Waals surface area contributed by atoms with Crippen molar-refractivity contribution in [2.45, 2.75) is 25.9 Å². The molecule has 0 aliphatic rings. The SMILES string of the molecule is CNC(C)(C#N)Cn1c(C)nc2ccccc21. The van der Waals surface area contributed by atoms with Gasteiger partial charge in [0, 0.05) is 0 Å². The van der Waals surface area contributed by atoms with E-state index in [4.69, 9.17) is 0 Å². The van der Waals surface area contributed by atoms with Gasteiger partial charge in [0.05, 0.1) is 23.6 Å². The standard InChI is InChI=1S/C13H16N4/c1-10-16-11-6-4-5-7-12(11)17(10)9-13(2,8-14)15-3/h4-7,15H,9H2,1-3H3. The summed E-state index contributed by atoms with van der Waals surface area (Å²) in [4.78, 5) is 4.49. The van der Waals surface area contributed by atoms with Crippen molar-refractivity contribution in [3.63, 3.8) is 0 Å². The Kier molecular flexibility index (Phi) is 2.86. The predicted octanol–water partition coefficient (Wildman–Crippen LogP) is 1.85. The number of aromatic nitrogens is 2. The number of imidazole rings is 1. The summed E-state index contributed by atoms with van der Waals surface area (Å²) in [6, 6.07) is 10.3. The maximum absolute atomic E-state index is 9.20. The fourth-order valence-electron chi connectivity index (χ4n) is 1.88. The molecular weight excluding hydrogens is 212 g/mol. The fraction of sp³-hybridized carbons (Fsp3) is 0.385. The monoisotopic (exact) mass is 228 g/mol. The van der Waals surface area contributed by atoms with Gasteiger partial charge in [-0.1, -0.05) is 12.1 Å². The summed E-state index contributed by atoms with van der Waals surface area (Å²) < 4.78 is 2.08. The minimum absolute atomic E-state index is 0.575. The molecule has 1 atom stereocenters. The summed E-state index contributed by atoms with van der Waals surface area (Å²) >= 11 is 0. The number of hydrogen-bond donors (Lipinski definition) is 1. The molecule has 17 heavy (non-hydrogen) atoms. The van der Waals surface area contributed by atoms with Gasteiger partial charge in [0.25, 0.3) is 0 Å². The van der Waals surface area contributed by atoms with E-state index in [1.54, 1.807) is 7.05 Å². The van der Waals surface area contributed by atoms with Crippen LogP contribution in [0.15, 0.2) is 24.3 Å². The van der Waals surface area contributed by atoms with Crippen molar-refractivity contribution < 1.29 is 0 Å².